The van der Waals surface area contributed by atoms with Crippen molar-refractivity contribution in [3.05, 3.63) is 46.3 Å². The first-order valence-corrected chi connectivity index (χ1v) is 6.59. The van der Waals surface area contributed by atoms with E-state index >= 15 is 0 Å². The van der Waals surface area contributed by atoms with Crippen molar-refractivity contribution in [2.24, 2.45) is 0 Å². The molecule has 0 saturated carbocycles. The van der Waals surface area contributed by atoms with E-state index in [4.69, 9.17) is 0 Å². The van der Waals surface area contributed by atoms with Crippen LogP contribution in [0.25, 0.3) is 10.8 Å². The zero-order valence-electron chi connectivity index (χ0n) is 9.85. The van der Waals surface area contributed by atoms with Gasteiger partial charge in [0, 0.05) is 0 Å². The minimum absolute atomic E-state index is 0.0347. The fourth-order valence-electron chi connectivity index (χ4n) is 3.62. The molecule has 0 unspecified atom stereocenters. The molecule has 2 aromatic carbocycles. The monoisotopic (exact) mass is 226 g/mol. The van der Waals surface area contributed by atoms with Crippen LogP contribution >= 0.6 is 0 Å². The normalized spacial score (nSPS) is 17.5. The van der Waals surface area contributed by atoms with E-state index in [1.165, 1.54) is 33.9 Å². The standard InChI is InChI=1S/C16H15F/c17-14-9-12-5-1-3-10-7-8-11-4-2-6-13(14)16(11)15(10)12/h7-9H,1-6H2. The second kappa shape index (κ2) is 3.32. The largest absolute Gasteiger partial charge is 0.207 e. The van der Waals surface area contributed by atoms with Gasteiger partial charge in [-0.25, -0.2) is 4.39 Å². The minimum Gasteiger partial charge on any atom is -0.207 e. The summed E-state index contributed by atoms with van der Waals surface area (Å²) in [6.07, 6.45) is 6.50. The van der Waals surface area contributed by atoms with Crippen LogP contribution in [-0.2, 0) is 25.7 Å². The van der Waals surface area contributed by atoms with Gasteiger partial charge in [-0.1, -0.05) is 12.1 Å². The van der Waals surface area contributed by atoms with Crippen molar-refractivity contribution < 1.29 is 4.39 Å². The zero-order chi connectivity index (χ0) is 11.4. The van der Waals surface area contributed by atoms with Gasteiger partial charge in [-0.3, -0.25) is 0 Å². The summed E-state index contributed by atoms with van der Waals surface area (Å²) in [6, 6.07) is 6.30. The lowest BCUT2D eigenvalue weighted by Crippen LogP contribution is -2.10. The SMILES string of the molecule is Fc1cc2c3c(ccc4c3c1CCC4)CCC2. The molecule has 86 valence electrons. The molecule has 0 atom stereocenters. The van der Waals surface area contributed by atoms with Gasteiger partial charge in [0.15, 0.2) is 0 Å². The average molecular weight is 226 g/mol. The number of halogens is 1. The predicted molar refractivity (Wildman–Crippen MR) is 68.0 cm³/mol. The second-order valence-electron chi connectivity index (χ2n) is 5.34. The van der Waals surface area contributed by atoms with Gasteiger partial charge < -0.3 is 0 Å². The van der Waals surface area contributed by atoms with Crippen molar-refractivity contribution in [3.8, 4) is 0 Å². The highest BCUT2D eigenvalue weighted by Gasteiger charge is 2.22. The molecule has 0 spiro atoms. The smallest absolute Gasteiger partial charge is 0.127 e. The van der Waals surface area contributed by atoms with Gasteiger partial charge in [-0.2, -0.15) is 0 Å². The van der Waals surface area contributed by atoms with Crippen molar-refractivity contribution >= 4 is 10.8 Å². The molecule has 0 nitrogen and oxygen atoms in total. The van der Waals surface area contributed by atoms with Crippen molar-refractivity contribution in [2.75, 3.05) is 0 Å². The van der Waals surface area contributed by atoms with Crippen LogP contribution in [0.15, 0.2) is 18.2 Å². The van der Waals surface area contributed by atoms with Gasteiger partial charge in [0.1, 0.15) is 5.82 Å². The third kappa shape index (κ3) is 1.23. The molecule has 0 radical (unpaired) electrons. The summed E-state index contributed by atoms with van der Waals surface area (Å²) in [6.45, 7) is 0. The Labute approximate surface area is 100 Å². The molecular formula is C16H15F. The van der Waals surface area contributed by atoms with E-state index in [-0.39, 0.29) is 5.82 Å². The maximum atomic E-state index is 14.1. The lowest BCUT2D eigenvalue weighted by atomic mass is 9.80. The number of aryl methyl sites for hydroxylation is 4. The van der Waals surface area contributed by atoms with Gasteiger partial charge in [0.05, 0.1) is 0 Å². The van der Waals surface area contributed by atoms with Crippen LogP contribution in [0.3, 0.4) is 0 Å². The molecule has 0 amide bonds. The van der Waals surface area contributed by atoms with Gasteiger partial charge >= 0.3 is 0 Å². The van der Waals surface area contributed by atoms with Crippen LogP contribution in [0.2, 0.25) is 0 Å². The first-order chi connectivity index (χ1) is 8.34. The maximum absolute atomic E-state index is 14.1. The molecule has 0 aromatic heterocycles. The molecule has 2 aromatic rings. The second-order valence-corrected chi connectivity index (χ2v) is 5.34. The number of hydrogen-bond acceptors (Lipinski definition) is 0. The van der Waals surface area contributed by atoms with Gasteiger partial charge in [0.25, 0.3) is 0 Å². The summed E-state index contributed by atoms with van der Waals surface area (Å²) < 4.78 is 14.1. The third-order valence-corrected chi connectivity index (χ3v) is 4.36. The molecule has 0 bridgehead atoms. The first kappa shape index (κ1) is 9.64. The summed E-state index contributed by atoms with van der Waals surface area (Å²) in [5.41, 5.74) is 5.03. The van der Waals surface area contributed by atoms with Crippen molar-refractivity contribution in [3.63, 3.8) is 0 Å². The first-order valence-electron chi connectivity index (χ1n) is 6.59. The molecular weight excluding hydrogens is 211 g/mol. The van der Waals surface area contributed by atoms with E-state index in [9.17, 15) is 4.39 Å². The Morgan fingerprint density at radius 2 is 1.41 bits per heavy atom. The quantitative estimate of drug-likeness (QED) is 0.638. The molecule has 2 aliphatic rings. The maximum Gasteiger partial charge on any atom is 0.127 e. The van der Waals surface area contributed by atoms with Gasteiger partial charge in [-0.05, 0) is 77.6 Å². The van der Waals surface area contributed by atoms with E-state index in [1.807, 2.05) is 0 Å². The summed E-state index contributed by atoms with van der Waals surface area (Å²) in [4.78, 5) is 0. The van der Waals surface area contributed by atoms with E-state index < -0.39 is 0 Å². The molecule has 0 aliphatic heterocycles. The Balaban J connectivity index is 2.23. The Hall–Kier alpha value is -1.37. The fourth-order valence-corrected chi connectivity index (χ4v) is 3.62. The Bertz CT molecular complexity index is 625. The molecule has 0 saturated heterocycles. The zero-order valence-corrected chi connectivity index (χ0v) is 9.85. The summed E-state index contributed by atoms with van der Waals surface area (Å²) >= 11 is 0. The van der Waals surface area contributed by atoms with Gasteiger partial charge in [-0.15, -0.1) is 0 Å². The molecule has 1 heteroatoms. The van der Waals surface area contributed by atoms with Crippen molar-refractivity contribution in [1.82, 2.24) is 0 Å². The van der Waals surface area contributed by atoms with Crippen LogP contribution in [0.5, 0.6) is 0 Å². The fraction of sp³-hybridized carbons (Fsp3) is 0.375. The predicted octanol–water partition coefficient (Wildman–Crippen LogP) is 3.96. The van der Waals surface area contributed by atoms with Crippen LogP contribution < -0.4 is 0 Å². The highest BCUT2D eigenvalue weighted by atomic mass is 19.1. The highest BCUT2D eigenvalue weighted by molar-refractivity contribution is 5.95. The summed E-state index contributed by atoms with van der Waals surface area (Å²) in [5.74, 6) is 0.0347. The average Bonchev–Trinajstić information content (AvgIpc) is 2.37. The Morgan fingerprint density at radius 1 is 0.765 bits per heavy atom. The Morgan fingerprint density at radius 3 is 2.24 bits per heavy atom. The highest BCUT2D eigenvalue weighted by Crippen LogP contribution is 2.38. The lowest BCUT2D eigenvalue weighted by molar-refractivity contribution is 0.600. The summed E-state index contributed by atoms with van der Waals surface area (Å²) in [5, 5.41) is 2.66. The van der Waals surface area contributed by atoms with E-state index in [0.717, 1.165) is 37.7 Å². The Kier molecular flexibility index (Phi) is 1.88. The number of benzene rings is 2. The minimum atomic E-state index is 0.0347. The topological polar surface area (TPSA) is 0 Å². The molecule has 17 heavy (non-hydrogen) atoms. The number of rotatable bonds is 0. The lowest BCUT2D eigenvalue weighted by Gasteiger charge is -2.24. The molecule has 0 N–H and O–H groups in total. The van der Waals surface area contributed by atoms with Crippen LogP contribution in [-0.4, -0.2) is 0 Å². The molecule has 0 heterocycles. The van der Waals surface area contributed by atoms with E-state index in [2.05, 4.69) is 12.1 Å². The van der Waals surface area contributed by atoms with Crippen molar-refractivity contribution in [2.45, 2.75) is 38.5 Å². The molecule has 4 rings (SSSR count). The van der Waals surface area contributed by atoms with E-state index in [0.29, 0.717) is 0 Å². The molecule has 0 fully saturated rings. The van der Waals surface area contributed by atoms with Gasteiger partial charge in [0.2, 0.25) is 0 Å². The van der Waals surface area contributed by atoms with E-state index in [1.54, 1.807) is 6.07 Å². The van der Waals surface area contributed by atoms with Crippen LogP contribution in [0.4, 0.5) is 4.39 Å². The summed E-state index contributed by atoms with van der Waals surface area (Å²) in [7, 11) is 0. The van der Waals surface area contributed by atoms with Crippen LogP contribution in [0.1, 0.15) is 35.1 Å². The van der Waals surface area contributed by atoms with Crippen LogP contribution in [0, 0.1) is 5.82 Å². The van der Waals surface area contributed by atoms with Crippen molar-refractivity contribution in [1.29, 1.82) is 0 Å². The number of hydrogen-bond donors (Lipinski definition) is 0. The molecule has 2 aliphatic carbocycles. The third-order valence-electron chi connectivity index (χ3n) is 4.36.